The summed E-state index contributed by atoms with van der Waals surface area (Å²) in [5.41, 5.74) is 1.22. The highest BCUT2D eigenvalue weighted by atomic mass is 16.4. The molecule has 0 atom stereocenters. The zero-order valence-corrected chi connectivity index (χ0v) is 10.6. The van der Waals surface area contributed by atoms with E-state index < -0.39 is 11.9 Å². The summed E-state index contributed by atoms with van der Waals surface area (Å²) in [5, 5.41) is 20.9. The Morgan fingerprint density at radius 2 is 1.95 bits per heavy atom. The fraction of sp³-hybridized carbons (Fsp3) is 0.0714. The maximum absolute atomic E-state index is 12.0. The van der Waals surface area contributed by atoms with Gasteiger partial charge in [-0.05, 0) is 31.2 Å². The number of carbonyl (C=O) groups is 2. The lowest BCUT2D eigenvalue weighted by molar-refractivity contribution is 0.0690. The van der Waals surface area contributed by atoms with Crippen molar-refractivity contribution in [3.8, 4) is 5.75 Å². The van der Waals surface area contributed by atoms with Gasteiger partial charge in [-0.1, -0.05) is 11.6 Å². The Bertz CT molecular complexity index is 665. The third-order valence-electron chi connectivity index (χ3n) is 2.64. The number of anilines is 1. The number of nitrogens with zero attached hydrogens (tertiary/aromatic N) is 1. The van der Waals surface area contributed by atoms with E-state index in [9.17, 15) is 14.7 Å². The van der Waals surface area contributed by atoms with Crippen LogP contribution in [0.2, 0.25) is 0 Å². The van der Waals surface area contributed by atoms with Crippen molar-refractivity contribution in [2.45, 2.75) is 6.92 Å². The van der Waals surface area contributed by atoms with Crippen LogP contribution < -0.4 is 5.32 Å². The molecule has 0 aliphatic carbocycles. The first-order chi connectivity index (χ1) is 9.47. The minimum atomic E-state index is -1.14. The van der Waals surface area contributed by atoms with Crippen LogP contribution >= 0.6 is 0 Å². The zero-order valence-electron chi connectivity index (χ0n) is 10.6. The number of carboxylic acid groups (broad SMARTS) is 1. The monoisotopic (exact) mass is 272 g/mol. The van der Waals surface area contributed by atoms with Gasteiger partial charge in [0.25, 0.3) is 5.91 Å². The number of benzene rings is 1. The van der Waals surface area contributed by atoms with E-state index in [1.807, 2.05) is 0 Å². The number of aromatic hydroxyl groups is 1. The van der Waals surface area contributed by atoms with E-state index in [-0.39, 0.29) is 17.0 Å². The number of aryl methyl sites for hydroxylation is 1. The smallest absolute Gasteiger partial charge is 0.354 e. The molecule has 1 amide bonds. The Hall–Kier alpha value is -2.89. The van der Waals surface area contributed by atoms with E-state index in [1.54, 1.807) is 19.1 Å². The minimum absolute atomic E-state index is 0.110. The van der Waals surface area contributed by atoms with Crippen molar-refractivity contribution in [1.29, 1.82) is 0 Å². The molecule has 20 heavy (non-hydrogen) atoms. The summed E-state index contributed by atoms with van der Waals surface area (Å²) in [7, 11) is 0. The first-order valence-electron chi connectivity index (χ1n) is 5.77. The summed E-state index contributed by atoms with van der Waals surface area (Å²) in [6.07, 6.45) is 1.24. The molecule has 1 aromatic carbocycles. The molecular weight excluding hydrogens is 260 g/mol. The molecule has 102 valence electrons. The third kappa shape index (κ3) is 2.92. The van der Waals surface area contributed by atoms with Crippen LogP contribution in [0.1, 0.15) is 26.4 Å². The van der Waals surface area contributed by atoms with Gasteiger partial charge in [-0.15, -0.1) is 0 Å². The molecule has 2 aromatic rings. The lowest BCUT2D eigenvalue weighted by Crippen LogP contribution is -2.13. The summed E-state index contributed by atoms with van der Waals surface area (Å²) < 4.78 is 0. The van der Waals surface area contributed by atoms with Crippen LogP contribution in [0, 0.1) is 6.92 Å². The number of amides is 1. The number of hydrogen-bond acceptors (Lipinski definition) is 4. The first-order valence-corrected chi connectivity index (χ1v) is 5.77. The Balaban J connectivity index is 2.19. The third-order valence-corrected chi connectivity index (χ3v) is 2.64. The fourth-order valence-corrected chi connectivity index (χ4v) is 1.62. The fourth-order valence-electron chi connectivity index (χ4n) is 1.62. The average Bonchev–Trinajstić information content (AvgIpc) is 2.42. The molecule has 3 N–H and O–H groups in total. The van der Waals surface area contributed by atoms with Gasteiger partial charge in [0.1, 0.15) is 11.4 Å². The molecule has 0 saturated heterocycles. The number of phenols is 1. The molecule has 0 radical (unpaired) electrons. The highest BCUT2D eigenvalue weighted by Gasteiger charge is 2.12. The van der Waals surface area contributed by atoms with Gasteiger partial charge in [0.05, 0.1) is 17.4 Å². The molecule has 6 heteroatoms. The normalized spacial score (nSPS) is 10.1. The summed E-state index contributed by atoms with van der Waals surface area (Å²) in [5.74, 6) is -1.75. The highest BCUT2D eigenvalue weighted by Crippen LogP contribution is 2.19. The number of carboxylic acids is 1. The van der Waals surface area contributed by atoms with E-state index in [0.717, 1.165) is 5.56 Å². The first kappa shape index (κ1) is 13.5. The molecule has 2 rings (SSSR count). The Morgan fingerprint density at radius 3 is 2.55 bits per heavy atom. The minimum Gasteiger partial charge on any atom is -0.507 e. The van der Waals surface area contributed by atoms with Crippen LogP contribution in [-0.2, 0) is 0 Å². The van der Waals surface area contributed by atoms with Gasteiger partial charge in [0.2, 0.25) is 0 Å². The number of aromatic carboxylic acids is 1. The number of aromatic nitrogens is 1. The molecule has 0 aliphatic heterocycles. The van der Waals surface area contributed by atoms with E-state index in [0.29, 0.717) is 5.69 Å². The molecule has 0 saturated carbocycles. The second-order valence-corrected chi connectivity index (χ2v) is 4.21. The van der Waals surface area contributed by atoms with Crippen molar-refractivity contribution in [2.75, 3.05) is 5.32 Å². The number of carbonyl (C=O) groups excluding carboxylic acids is 1. The quantitative estimate of drug-likeness (QED) is 0.794. The predicted octanol–water partition coefficient (Wildman–Crippen LogP) is 2.05. The second kappa shape index (κ2) is 5.40. The standard InChI is InChI=1S/C14H12N2O4/c1-8-2-5-12(17)10(6-8)13(18)16-9-3-4-11(14(19)20)15-7-9/h2-7,17H,1H3,(H,16,18)(H,19,20). The van der Waals surface area contributed by atoms with Crippen molar-refractivity contribution >= 4 is 17.6 Å². The molecule has 0 bridgehead atoms. The average molecular weight is 272 g/mol. The maximum Gasteiger partial charge on any atom is 0.354 e. The van der Waals surface area contributed by atoms with Crippen LogP contribution in [0.4, 0.5) is 5.69 Å². The number of rotatable bonds is 3. The number of nitrogens with one attached hydrogen (secondary N) is 1. The Morgan fingerprint density at radius 1 is 1.20 bits per heavy atom. The summed E-state index contributed by atoms with van der Waals surface area (Å²) in [6.45, 7) is 1.80. The van der Waals surface area contributed by atoms with E-state index in [1.165, 1.54) is 24.4 Å². The molecule has 0 spiro atoms. The van der Waals surface area contributed by atoms with Gasteiger partial charge in [-0.3, -0.25) is 4.79 Å². The van der Waals surface area contributed by atoms with E-state index >= 15 is 0 Å². The zero-order chi connectivity index (χ0) is 14.7. The van der Waals surface area contributed by atoms with Gasteiger partial charge in [0.15, 0.2) is 0 Å². The van der Waals surface area contributed by atoms with Crippen LogP contribution in [0.3, 0.4) is 0 Å². The van der Waals surface area contributed by atoms with Gasteiger partial charge >= 0.3 is 5.97 Å². The summed E-state index contributed by atoms with van der Waals surface area (Å²) in [6, 6.07) is 7.41. The summed E-state index contributed by atoms with van der Waals surface area (Å²) >= 11 is 0. The summed E-state index contributed by atoms with van der Waals surface area (Å²) in [4.78, 5) is 26.3. The SMILES string of the molecule is Cc1ccc(O)c(C(=O)Nc2ccc(C(=O)O)nc2)c1. The van der Waals surface area contributed by atoms with Crippen molar-refractivity contribution in [1.82, 2.24) is 4.98 Å². The van der Waals surface area contributed by atoms with Crippen molar-refractivity contribution in [3.63, 3.8) is 0 Å². The van der Waals surface area contributed by atoms with Crippen molar-refractivity contribution < 1.29 is 19.8 Å². The van der Waals surface area contributed by atoms with Crippen LogP contribution in [-0.4, -0.2) is 27.1 Å². The predicted molar refractivity (Wildman–Crippen MR) is 72.0 cm³/mol. The van der Waals surface area contributed by atoms with Crippen LogP contribution in [0.15, 0.2) is 36.5 Å². The topological polar surface area (TPSA) is 99.5 Å². The van der Waals surface area contributed by atoms with Gasteiger partial charge in [-0.25, -0.2) is 9.78 Å². The number of pyridine rings is 1. The van der Waals surface area contributed by atoms with Crippen molar-refractivity contribution in [3.05, 3.63) is 53.3 Å². The molecule has 1 heterocycles. The molecule has 0 fully saturated rings. The lowest BCUT2D eigenvalue weighted by atomic mass is 10.1. The van der Waals surface area contributed by atoms with Crippen molar-refractivity contribution in [2.24, 2.45) is 0 Å². The molecular formula is C14H12N2O4. The second-order valence-electron chi connectivity index (χ2n) is 4.21. The lowest BCUT2D eigenvalue weighted by Gasteiger charge is -2.07. The number of phenolic OH excluding ortho intramolecular Hbond substituents is 1. The van der Waals surface area contributed by atoms with Crippen LogP contribution in [0.25, 0.3) is 0 Å². The maximum atomic E-state index is 12.0. The van der Waals surface area contributed by atoms with Gasteiger partial charge < -0.3 is 15.5 Å². The number of hydrogen-bond donors (Lipinski definition) is 3. The van der Waals surface area contributed by atoms with Crippen LogP contribution in [0.5, 0.6) is 5.75 Å². The molecule has 6 nitrogen and oxygen atoms in total. The molecule has 1 aromatic heterocycles. The van der Waals surface area contributed by atoms with Gasteiger partial charge in [0, 0.05) is 0 Å². The van der Waals surface area contributed by atoms with E-state index in [2.05, 4.69) is 10.3 Å². The highest BCUT2D eigenvalue weighted by molar-refractivity contribution is 6.06. The Labute approximate surface area is 114 Å². The van der Waals surface area contributed by atoms with Gasteiger partial charge in [-0.2, -0.15) is 0 Å². The Kier molecular flexibility index (Phi) is 3.65. The molecule has 0 unspecified atom stereocenters. The largest absolute Gasteiger partial charge is 0.507 e. The molecule has 0 aliphatic rings. The van der Waals surface area contributed by atoms with E-state index in [4.69, 9.17) is 5.11 Å².